The zero-order chi connectivity index (χ0) is 14.9. The molecule has 1 heterocycles. The van der Waals surface area contributed by atoms with Crippen molar-refractivity contribution in [1.82, 2.24) is 4.98 Å². The van der Waals surface area contributed by atoms with E-state index in [-0.39, 0.29) is 0 Å². The second-order valence-electron chi connectivity index (χ2n) is 5.25. The van der Waals surface area contributed by atoms with Gasteiger partial charge in [-0.15, -0.1) is 0 Å². The van der Waals surface area contributed by atoms with E-state index < -0.39 is 5.54 Å². The summed E-state index contributed by atoms with van der Waals surface area (Å²) < 4.78 is 0.940. The highest BCUT2D eigenvalue weighted by molar-refractivity contribution is 9.10. The van der Waals surface area contributed by atoms with Gasteiger partial charge >= 0.3 is 0 Å². The van der Waals surface area contributed by atoms with Crippen LogP contribution >= 0.6 is 15.9 Å². The first kappa shape index (κ1) is 14.7. The number of rotatable bonds is 3. The minimum atomic E-state index is -0.443. The molecule has 0 aliphatic rings. The van der Waals surface area contributed by atoms with Gasteiger partial charge in [-0.2, -0.15) is 0 Å². The molecule has 1 aromatic heterocycles. The largest absolute Gasteiger partial charge is 0.383 e. The summed E-state index contributed by atoms with van der Waals surface area (Å²) in [6.07, 6.45) is 2.87. The highest BCUT2D eigenvalue weighted by atomic mass is 79.9. The molecule has 0 bridgehead atoms. The van der Waals surface area contributed by atoms with Gasteiger partial charge in [0.2, 0.25) is 0 Å². The van der Waals surface area contributed by atoms with Crippen molar-refractivity contribution in [3.05, 3.63) is 46.1 Å². The van der Waals surface area contributed by atoms with E-state index >= 15 is 0 Å². The van der Waals surface area contributed by atoms with Crippen molar-refractivity contribution in [2.24, 2.45) is 5.73 Å². The first-order chi connectivity index (χ1) is 9.32. The lowest BCUT2D eigenvalue weighted by molar-refractivity contribution is 0.554. The van der Waals surface area contributed by atoms with Gasteiger partial charge in [-0.1, -0.05) is 15.9 Å². The summed E-state index contributed by atoms with van der Waals surface area (Å²) in [5.41, 5.74) is 15.0. The van der Waals surface area contributed by atoms with Crippen LogP contribution in [-0.2, 0) is 5.54 Å². The molecule has 0 spiro atoms. The third kappa shape index (κ3) is 2.89. The van der Waals surface area contributed by atoms with E-state index in [2.05, 4.69) is 20.9 Å². The Bertz CT molecular complexity index is 659. The van der Waals surface area contributed by atoms with E-state index in [0.29, 0.717) is 11.4 Å². The van der Waals surface area contributed by atoms with Gasteiger partial charge in [0, 0.05) is 28.0 Å². The van der Waals surface area contributed by atoms with E-state index in [4.69, 9.17) is 16.9 Å². The van der Waals surface area contributed by atoms with Crippen LogP contribution in [0.5, 0.6) is 0 Å². The number of nitrogens with one attached hydrogen (secondary N) is 1. The molecule has 0 aliphatic heterocycles. The number of hydrogen-bond donors (Lipinski definition) is 3. The van der Waals surface area contributed by atoms with Crippen LogP contribution in [0.4, 0.5) is 5.82 Å². The third-order valence-electron chi connectivity index (χ3n) is 3.12. The molecule has 0 unspecified atom stereocenters. The number of benzene rings is 1. The fourth-order valence-corrected chi connectivity index (χ4v) is 2.50. The Morgan fingerprint density at radius 1 is 1.30 bits per heavy atom. The van der Waals surface area contributed by atoms with Crippen LogP contribution in [0.25, 0.3) is 11.1 Å². The third-order valence-corrected chi connectivity index (χ3v) is 3.58. The van der Waals surface area contributed by atoms with E-state index in [0.717, 1.165) is 21.2 Å². The number of nitrogens with zero attached hydrogens (tertiary/aromatic N) is 1. The summed E-state index contributed by atoms with van der Waals surface area (Å²) in [4.78, 5) is 4.02. The van der Waals surface area contributed by atoms with Crippen LogP contribution in [0.1, 0.15) is 25.0 Å². The summed E-state index contributed by atoms with van der Waals surface area (Å²) in [5.74, 6) is 0.353. The molecule has 0 saturated heterocycles. The highest BCUT2D eigenvalue weighted by Crippen LogP contribution is 2.31. The molecule has 0 radical (unpaired) electrons. The summed E-state index contributed by atoms with van der Waals surface area (Å²) in [7, 11) is 0. The Morgan fingerprint density at radius 3 is 2.60 bits per heavy atom. The number of aromatic nitrogens is 1. The molecule has 4 nitrogen and oxygen atoms in total. The Kier molecular flexibility index (Phi) is 3.92. The molecule has 5 N–H and O–H groups in total. The van der Waals surface area contributed by atoms with Crippen molar-refractivity contribution >= 4 is 28.0 Å². The molecule has 0 aliphatic carbocycles. The summed E-state index contributed by atoms with van der Waals surface area (Å²) in [6, 6.07) is 7.85. The van der Waals surface area contributed by atoms with Gasteiger partial charge in [0.1, 0.15) is 5.82 Å². The van der Waals surface area contributed by atoms with Crippen LogP contribution in [-0.4, -0.2) is 11.2 Å². The average Bonchev–Trinajstić information content (AvgIpc) is 2.36. The number of anilines is 1. The number of hydrogen-bond acceptors (Lipinski definition) is 4. The second-order valence-corrected chi connectivity index (χ2v) is 6.17. The Labute approximate surface area is 126 Å². The number of pyridine rings is 1. The maximum Gasteiger partial charge on any atom is 0.132 e. The fourth-order valence-electron chi connectivity index (χ4n) is 2.01. The van der Waals surface area contributed by atoms with Gasteiger partial charge in [-0.25, -0.2) is 4.98 Å². The highest BCUT2D eigenvalue weighted by Gasteiger charge is 2.17. The maximum atomic E-state index is 7.52. The van der Waals surface area contributed by atoms with Crippen LogP contribution in [0.3, 0.4) is 0 Å². The smallest absolute Gasteiger partial charge is 0.132 e. The van der Waals surface area contributed by atoms with Crippen LogP contribution in [0.2, 0.25) is 0 Å². The Hall–Kier alpha value is -1.72. The van der Waals surface area contributed by atoms with E-state index in [1.54, 1.807) is 6.20 Å². The number of nitrogen functional groups attached to an aromatic ring is 1. The molecule has 20 heavy (non-hydrogen) atoms. The monoisotopic (exact) mass is 332 g/mol. The van der Waals surface area contributed by atoms with Crippen LogP contribution in [0, 0.1) is 5.41 Å². The molecule has 0 fully saturated rings. The molecule has 0 saturated carbocycles. The lowest BCUT2D eigenvalue weighted by Gasteiger charge is -2.21. The lowest BCUT2D eigenvalue weighted by Crippen LogP contribution is -2.28. The first-order valence-corrected chi connectivity index (χ1v) is 6.97. The van der Waals surface area contributed by atoms with Crippen molar-refractivity contribution in [2.45, 2.75) is 19.4 Å². The zero-order valence-corrected chi connectivity index (χ0v) is 13.0. The summed E-state index contributed by atoms with van der Waals surface area (Å²) in [5, 5.41) is 7.52. The SMILES string of the molecule is CC(C)(N)c1cc(Br)cc(-c2ccnc(N)c2C=N)c1. The molecule has 0 amide bonds. The van der Waals surface area contributed by atoms with Gasteiger partial charge in [0.05, 0.1) is 0 Å². The number of nitrogens with two attached hydrogens (primary N) is 2. The minimum Gasteiger partial charge on any atom is -0.383 e. The van der Waals surface area contributed by atoms with Crippen LogP contribution < -0.4 is 11.5 Å². The summed E-state index contributed by atoms with van der Waals surface area (Å²) in [6.45, 7) is 3.91. The molecule has 2 aromatic rings. The Balaban J connectivity index is 2.68. The second kappa shape index (κ2) is 5.34. The molecule has 0 atom stereocenters. The topological polar surface area (TPSA) is 88.8 Å². The van der Waals surface area contributed by atoms with Crippen molar-refractivity contribution in [3.63, 3.8) is 0 Å². The maximum absolute atomic E-state index is 7.52. The average molecular weight is 333 g/mol. The standard InChI is InChI=1S/C15H17BrN4/c1-15(2,19)10-5-9(6-11(16)7-10)12-3-4-20-14(18)13(12)8-17/h3-8,17H,19H2,1-2H3,(H2,18,20). The molecular formula is C15H17BrN4. The van der Waals surface area contributed by atoms with E-state index in [1.165, 1.54) is 6.21 Å². The van der Waals surface area contributed by atoms with Crippen LogP contribution in [0.15, 0.2) is 34.9 Å². The molecule has 5 heteroatoms. The van der Waals surface area contributed by atoms with Crippen molar-refractivity contribution in [1.29, 1.82) is 5.41 Å². The van der Waals surface area contributed by atoms with Gasteiger partial charge in [0.15, 0.2) is 0 Å². The van der Waals surface area contributed by atoms with Gasteiger partial charge in [-0.05, 0) is 54.8 Å². The normalized spacial score (nSPS) is 11.4. The van der Waals surface area contributed by atoms with E-state index in [9.17, 15) is 0 Å². The molecule has 2 rings (SSSR count). The minimum absolute atomic E-state index is 0.353. The van der Waals surface area contributed by atoms with Crippen molar-refractivity contribution in [2.75, 3.05) is 5.73 Å². The Morgan fingerprint density at radius 2 is 2.00 bits per heavy atom. The van der Waals surface area contributed by atoms with Crippen molar-refractivity contribution in [3.8, 4) is 11.1 Å². The summed E-state index contributed by atoms with van der Waals surface area (Å²) >= 11 is 3.51. The van der Waals surface area contributed by atoms with Crippen molar-refractivity contribution < 1.29 is 0 Å². The predicted molar refractivity (Wildman–Crippen MR) is 86.9 cm³/mol. The molecule has 104 valence electrons. The van der Waals surface area contributed by atoms with E-state index in [1.807, 2.05) is 38.1 Å². The quantitative estimate of drug-likeness (QED) is 0.753. The lowest BCUT2D eigenvalue weighted by atomic mass is 9.91. The fraction of sp³-hybridized carbons (Fsp3) is 0.200. The molecule has 1 aromatic carbocycles. The molecular weight excluding hydrogens is 316 g/mol. The number of halogens is 1. The van der Waals surface area contributed by atoms with Gasteiger partial charge in [-0.3, -0.25) is 0 Å². The zero-order valence-electron chi connectivity index (χ0n) is 11.4. The predicted octanol–water partition coefficient (Wildman–Crippen LogP) is 3.28. The van der Waals surface area contributed by atoms with Gasteiger partial charge < -0.3 is 16.9 Å². The van der Waals surface area contributed by atoms with Gasteiger partial charge in [0.25, 0.3) is 0 Å². The first-order valence-electron chi connectivity index (χ1n) is 6.18.